The second-order valence-corrected chi connectivity index (χ2v) is 22.9. The van der Waals surface area contributed by atoms with Gasteiger partial charge in [-0.15, -0.1) is 20.4 Å². The van der Waals surface area contributed by atoms with Crippen LogP contribution in [0.4, 0.5) is 0 Å². The Morgan fingerprint density at radius 1 is 0.464 bits per heavy atom. The summed E-state index contributed by atoms with van der Waals surface area (Å²) in [6.07, 6.45) is 4.17. The van der Waals surface area contributed by atoms with Crippen molar-refractivity contribution in [3.8, 4) is 92.9 Å². The van der Waals surface area contributed by atoms with E-state index in [2.05, 4.69) is 30.4 Å². The van der Waals surface area contributed by atoms with Crippen LogP contribution in [0.5, 0.6) is 34.5 Å². The van der Waals surface area contributed by atoms with Gasteiger partial charge in [-0.2, -0.15) is 21.0 Å². The van der Waals surface area contributed by atoms with Crippen LogP contribution in [0.1, 0.15) is 71.1 Å². The van der Waals surface area contributed by atoms with Gasteiger partial charge in [-0.1, -0.05) is 24.3 Å². The van der Waals surface area contributed by atoms with Gasteiger partial charge in [-0.25, -0.2) is 16.8 Å². The van der Waals surface area contributed by atoms with Crippen molar-refractivity contribution in [2.75, 3.05) is 56.9 Å². The van der Waals surface area contributed by atoms with Crippen LogP contribution < -0.4 is 28.4 Å². The lowest BCUT2D eigenvalue weighted by Gasteiger charge is -2.24. The molecule has 0 amide bonds. The first-order valence-electron chi connectivity index (χ1n) is 25.1. The maximum Gasteiger partial charge on any atom is 0.170 e. The van der Waals surface area contributed by atoms with Gasteiger partial charge in [0.1, 0.15) is 57.4 Å². The normalized spacial score (nSPS) is 12.5. The van der Waals surface area contributed by atoms with Crippen LogP contribution in [0.25, 0.3) is 34.2 Å². The van der Waals surface area contributed by atoms with Crippen molar-refractivity contribution < 1.29 is 54.7 Å². The summed E-state index contributed by atoms with van der Waals surface area (Å²) in [5, 5.41) is 52.8. The van der Waals surface area contributed by atoms with Gasteiger partial charge in [0.2, 0.25) is 0 Å². The molecule has 84 heavy (non-hydrogen) atoms. The minimum Gasteiger partial charge on any atom is -0.495 e. The van der Waals surface area contributed by atoms with E-state index in [0.29, 0.717) is 68.1 Å². The van der Waals surface area contributed by atoms with Crippen molar-refractivity contribution in [3.05, 3.63) is 155 Å². The summed E-state index contributed by atoms with van der Waals surface area (Å²) in [6.45, 7) is 3.00. The van der Waals surface area contributed by atoms with Crippen LogP contribution in [0.2, 0.25) is 0 Å². The lowest BCUT2D eigenvalue weighted by Crippen LogP contribution is -2.29. The zero-order chi connectivity index (χ0) is 60.9. The second-order valence-electron chi connectivity index (χ2n) is 18.2. The number of pyridine rings is 2. The van der Waals surface area contributed by atoms with E-state index in [1.54, 1.807) is 70.1 Å². The largest absolute Gasteiger partial charge is 0.495 e. The number of ether oxygens (including phenoxy) is 8. The monoisotopic (exact) mass is 1180 g/mol. The molecule has 432 valence electrons. The molecule has 0 aliphatic heterocycles. The molecule has 0 radical (unpaired) electrons. The molecule has 0 spiro atoms. The lowest BCUT2D eigenvalue weighted by molar-refractivity contribution is 0.102. The Morgan fingerprint density at radius 2 is 0.821 bits per heavy atom. The highest BCUT2D eigenvalue weighted by Crippen LogP contribution is 2.40. The van der Waals surface area contributed by atoms with Gasteiger partial charge in [0.15, 0.2) is 43.0 Å². The molecule has 0 saturated heterocycles. The fourth-order valence-corrected chi connectivity index (χ4v) is 12.0. The molecule has 26 heteroatoms. The van der Waals surface area contributed by atoms with Gasteiger partial charge in [-0.05, 0) is 85.6 Å². The number of aromatic nitrogens is 8. The smallest absolute Gasteiger partial charge is 0.170 e. The van der Waals surface area contributed by atoms with E-state index in [9.17, 15) is 37.9 Å². The van der Waals surface area contributed by atoms with Crippen LogP contribution in [0, 0.1) is 45.3 Å². The van der Waals surface area contributed by atoms with Crippen LogP contribution in [-0.2, 0) is 40.7 Å². The standard InChI is InChI=1S/2C29H28N6O6S/c2*1-18(28(41-5)23-10-9-19(13-30)11-20(23)14-31)42(36,37)17-26-33-34-29(21-12-22(38-2)16-32-15-21)35(26)27-24(39-3)7-6-8-25(27)40-4/h2*6-12,15-16,18,28H,17H2,1-5H3/t2*18-,28-/m10/s1. The molecule has 0 aliphatic carbocycles. The fraction of sp³-hybridized carbons (Fsp3) is 0.276. The first kappa shape index (κ1) is 61.7. The molecule has 8 aromatic rings. The van der Waals surface area contributed by atoms with Gasteiger partial charge in [-0.3, -0.25) is 19.1 Å². The SMILES string of the molecule is COc1cncc(-c2nnc(CS(=O)(=O)[C@@H](C)[C@H](OC)c3ccc(C#N)cc3C#N)n2-c2c(OC)cccc2OC)c1.COc1cncc(-c2nnc(CS(=O)(=O)[C@H](C)[C@@H](OC)c3ccc(C#N)cc3C#N)n2-c2c(OC)cccc2OC)c1. The Bertz CT molecular complexity index is 3800. The average Bonchev–Trinajstić information content (AvgIpc) is 2.50. The molecule has 0 aliphatic rings. The third-order valence-electron chi connectivity index (χ3n) is 13.5. The third-order valence-corrected chi connectivity index (χ3v) is 17.6. The molecular formula is C58H56N12O12S2. The van der Waals surface area contributed by atoms with Gasteiger partial charge in [0.05, 0.1) is 124 Å². The van der Waals surface area contributed by atoms with E-state index < -0.39 is 53.9 Å². The van der Waals surface area contributed by atoms with Gasteiger partial charge in [0.25, 0.3) is 0 Å². The minimum absolute atomic E-state index is 0.0812. The van der Waals surface area contributed by atoms with E-state index in [-0.39, 0.29) is 45.6 Å². The highest BCUT2D eigenvalue weighted by Gasteiger charge is 2.37. The minimum atomic E-state index is -4.01. The molecule has 0 unspecified atom stereocenters. The van der Waals surface area contributed by atoms with Crippen LogP contribution in [0.3, 0.4) is 0 Å². The Hall–Kier alpha value is -9.96. The summed E-state index contributed by atoms with van der Waals surface area (Å²) >= 11 is 0. The number of hydrogen-bond donors (Lipinski definition) is 0. The molecular weight excluding hydrogens is 1120 g/mol. The Kier molecular flexibility index (Phi) is 20.0. The molecule has 4 aromatic carbocycles. The summed E-state index contributed by atoms with van der Waals surface area (Å²) in [5.74, 6) is 2.14. The summed E-state index contributed by atoms with van der Waals surface area (Å²) in [6, 6.07) is 30.6. The Labute approximate surface area is 485 Å². The number of nitrogens with zero attached hydrogens (tertiary/aromatic N) is 12. The molecule has 0 N–H and O–H groups in total. The summed E-state index contributed by atoms with van der Waals surface area (Å²) in [4.78, 5) is 8.42. The Morgan fingerprint density at radius 3 is 1.12 bits per heavy atom. The summed E-state index contributed by atoms with van der Waals surface area (Å²) in [5.41, 5.74) is 3.37. The van der Waals surface area contributed by atoms with E-state index in [0.717, 1.165) is 0 Å². The molecule has 4 aromatic heterocycles. The highest BCUT2D eigenvalue weighted by molar-refractivity contribution is 7.91. The zero-order valence-corrected chi connectivity index (χ0v) is 48.8. The van der Waals surface area contributed by atoms with Gasteiger partial charge in [0, 0.05) is 37.7 Å². The average molecular weight is 1180 g/mol. The molecule has 8 rings (SSSR count). The fourth-order valence-electron chi connectivity index (χ4n) is 9.16. The van der Waals surface area contributed by atoms with Gasteiger partial charge < -0.3 is 37.9 Å². The zero-order valence-electron chi connectivity index (χ0n) is 47.2. The highest BCUT2D eigenvalue weighted by atomic mass is 32.2. The van der Waals surface area contributed by atoms with E-state index in [4.69, 9.17) is 37.9 Å². The van der Waals surface area contributed by atoms with Crippen LogP contribution in [0.15, 0.2) is 110 Å². The van der Waals surface area contributed by atoms with E-state index >= 15 is 0 Å². The van der Waals surface area contributed by atoms with Crippen molar-refractivity contribution in [1.82, 2.24) is 39.5 Å². The molecule has 0 fully saturated rings. The first-order chi connectivity index (χ1) is 40.4. The number of benzene rings is 4. The maximum atomic E-state index is 13.9. The Balaban J connectivity index is 0.000000241. The predicted octanol–water partition coefficient (Wildman–Crippen LogP) is 7.58. The number of hydrogen-bond acceptors (Lipinski definition) is 22. The maximum absolute atomic E-state index is 13.9. The molecule has 0 bridgehead atoms. The molecule has 24 nitrogen and oxygen atoms in total. The number of sulfone groups is 2. The first-order valence-corrected chi connectivity index (χ1v) is 28.6. The van der Waals surface area contributed by atoms with Gasteiger partial charge >= 0.3 is 0 Å². The topological polar surface area (TPSA) is 324 Å². The van der Waals surface area contributed by atoms with Crippen molar-refractivity contribution in [3.63, 3.8) is 0 Å². The van der Waals surface area contributed by atoms with Crippen LogP contribution in [-0.4, -0.2) is 124 Å². The number of rotatable bonds is 22. The third kappa shape index (κ3) is 12.9. The number of methoxy groups -OCH3 is 8. The van der Waals surface area contributed by atoms with Crippen molar-refractivity contribution >= 4 is 19.7 Å². The van der Waals surface area contributed by atoms with Crippen molar-refractivity contribution in [2.45, 2.75) is 48.1 Å². The number of nitriles is 4. The molecule has 4 heterocycles. The second kappa shape index (κ2) is 27.2. The predicted molar refractivity (Wildman–Crippen MR) is 304 cm³/mol. The summed E-state index contributed by atoms with van der Waals surface area (Å²) in [7, 11) is 3.68. The van der Waals surface area contributed by atoms with Crippen LogP contribution >= 0.6 is 0 Å². The summed E-state index contributed by atoms with van der Waals surface area (Å²) < 4.78 is 103. The lowest BCUT2D eigenvalue weighted by atomic mass is 9.99. The number of para-hydroxylation sites is 2. The quantitative estimate of drug-likeness (QED) is 0.0631. The van der Waals surface area contributed by atoms with E-state index in [1.165, 1.54) is 120 Å². The van der Waals surface area contributed by atoms with E-state index in [1.807, 2.05) is 24.3 Å². The molecule has 4 atom stereocenters. The van der Waals surface area contributed by atoms with Crippen molar-refractivity contribution in [1.29, 1.82) is 21.0 Å². The molecule has 0 saturated carbocycles. The van der Waals surface area contributed by atoms with Crippen molar-refractivity contribution in [2.24, 2.45) is 0 Å².